The van der Waals surface area contributed by atoms with Crippen molar-refractivity contribution in [3.63, 3.8) is 0 Å². The molecule has 0 spiro atoms. The SMILES string of the molecule is COc1cc(C2Nc3cccc4cccc(c34)N2)ccc1OCC(=O)Nc1ccc(Cl)cc1. The first-order chi connectivity index (χ1) is 16.1. The van der Waals surface area contributed by atoms with E-state index in [1.165, 1.54) is 10.8 Å². The molecule has 4 aromatic carbocycles. The highest BCUT2D eigenvalue weighted by Gasteiger charge is 2.21. The number of rotatable bonds is 6. The van der Waals surface area contributed by atoms with Gasteiger partial charge in [0.05, 0.1) is 7.11 Å². The Balaban J connectivity index is 1.29. The quantitative estimate of drug-likeness (QED) is 0.327. The van der Waals surface area contributed by atoms with Crippen molar-refractivity contribution < 1.29 is 14.3 Å². The van der Waals surface area contributed by atoms with E-state index in [0.29, 0.717) is 22.2 Å². The molecule has 4 aromatic rings. The average molecular weight is 460 g/mol. The number of amides is 1. The number of carbonyl (C=O) groups excluding carboxylic acids is 1. The van der Waals surface area contributed by atoms with E-state index in [1.807, 2.05) is 30.3 Å². The number of hydrogen-bond donors (Lipinski definition) is 3. The Kier molecular flexibility index (Phi) is 5.67. The molecule has 1 heterocycles. The van der Waals surface area contributed by atoms with Crippen LogP contribution >= 0.6 is 11.6 Å². The zero-order valence-corrected chi connectivity index (χ0v) is 18.6. The molecule has 33 heavy (non-hydrogen) atoms. The Morgan fingerprint density at radius 3 is 2.30 bits per heavy atom. The second kappa shape index (κ2) is 8.92. The lowest BCUT2D eigenvalue weighted by Gasteiger charge is -2.30. The number of anilines is 3. The van der Waals surface area contributed by atoms with Crippen LogP contribution in [0.15, 0.2) is 78.9 Å². The van der Waals surface area contributed by atoms with Crippen LogP contribution < -0.4 is 25.4 Å². The number of carbonyl (C=O) groups is 1. The van der Waals surface area contributed by atoms with E-state index >= 15 is 0 Å². The maximum atomic E-state index is 12.3. The van der Waals surface area contributed by atoms with Crippen LogP contribution in [0.5, 0.6) is 11.5 Å². The molecule has 3 N–H and O–H groups in total. The molecule has 0 radical (unpaired) electrons. The van der Waals surface area contributed by atoms with Crippen LogP contribution in [0.25, 0.3) is 10.8 Å². The van der Waals surface area contributed by atoms with Gasteiger partial charge in [0, 0.05) is 27.5 Å². The lowest BCUT2D eigenvalue weighted by molar-refractivity contribution is -0.118. The zero-order valence-electron chi connectivity index (χ0n) is 17.9. The van der Waals surface area contributed by atoms with Crippen molar-refractivity contribution in [2.75, 3.05) is 29.7 Å². The van der Waals surface area contributed by atoms with Gasteiger partial charge in [-0.1, -0.05) is 41.9 Å². The van der Waals surface area contributed by atoms with Gasteiger partial charge in [0.1, 0.15) is 6.17 Å². The minimum absolute atomic E-state index is 0.137. The normalized spacial score (nSPS) is 12.5. The van der Waals surface area contributed by atoms with Crippen LogP contribution in [0.4, 0.5) is 17.1 Å². The maximum absolute atomic E-state index is 12.3. The second-order valence-electron chi connectivity index (χ2n) is 7.68. The zero-order chi connectivity index (χ0) is 22.8. The first-order valence-electron chi connectivity index (χ1n) is 10.5. The third-order valence-corrected chi connectivity index (χ3v) is 5.76. The molecular formula is C26H22ClN3O3. The Morgan fingerprint density at radius 2 is 1.64 bits per heavy atom. The standard InChI is InChI=1S/C26H22ClN3O3/c1-32-23-14-17(26-29-20-6-2-4-16-5-3-7-21(30-26)25(16)20)8-13-22(23)33-15-24(31)28-19-11-9-18(27)10-12-19/h2-14,26,29-30H,15H2,1H3,(H,28,31). The molecule has 0 aliphatic carbocycles. The number of halogens is 1. The Labute approximate surface area is 196 Å². The van der Waals surface area contributed by atoms with Gasteiger partial charge in [-0.2, -0.15) is 0 Å². The van der Waals surface area contributed by atoms with E-state index in [9.17, 15) is 4.79 Å². The molecule has 0 aromatic heterocycles. The minimum Gasteiger partial charge on any atom is -0.493 e. The molecule has 0 saturated carbocycles. The molecule has 0 bridgehead atoms. The fourth-order valence-corrected chi connectivity index (χ4v) is 4.08. The van der Waals surface area contributed by atoms with Crippen molar-refractivity contribution in [1.29, 1.82) is 0 Å². The van der Waals surface area contributed by atoms with E-state index < -0.39 is 0 Å². The van der Waals surface area contributed by atoms with Crippen LogP contribution in [-0.4, -0.2) is 19.6 Å². The van der Waals surface area contributed by atoms with Gasteiger partial charge in [-0.15, -0.1) is 0 Å². The predicted octanol–water partition coefficient (Wildman–Crippen LogP) is 6.06. The molecule has 0 saturated heterocycles. The smallest absolute Gasteiger partial charge is 0.262 e. The number of benzene rings is 4. The molecule has 5 rings (SSSR count). The Morgan fingerprint density at radius 1 is 0.939 bits per heavy atom. The molecule has 0 unspecified atom stereocenters. The van der Waals surface area contributed by atoms with Crippen LogP contribution in [0.3, 0.4) is 0 Å². The number of hydrogen-bond acceptors (Lipinski definition) is 5. The summed E-state index contributed by atoms with van der Waals surface area (Å²) >= 11 is 5.88. The van der Waals surface area contributed by atoms with Gasteiger partial charge in [0.2, 0.25) is 0 Å². The van der Waals surface area contributed by atoms with Crippen LogP contribution in [0.1, 0.15) is 11.7 Å². The van der Waals surface area contributed by atoms with Gasteiger partial charge in [-0.3, -0.25) is 4.79 Å². The fourth-order valence-electron chi connectivity index (χ4n) is 3.95. The van der Waals surface area contributed by atoms with Crippen LogP contribution in [-0.2, 0) is 4.79 Å². The first kappa shape index (κ1) is 21.0. The number of ether oxygens (including phenoxy) is 2. The topological polar surface area (TPSA) is 71.6 Å². The fraction of sp³-hybridized carbons (Fsp3) is 0.115. The molecule has 0 atom stereocenters. The summed E-state index contributed by atoms with van der Waals surface area (Å²) in [6, 6.07) is 25.0. The van der Waals surface area contributed by atoms with E-state index in [0.717, 1.165) is 16.9 Å². The summed E-state index contributed by atoms with van der Waals surface area (Å²) in [7, 11) is 1.58. The highest BCUT2D eigenvalue weighted by Crippen LogP contribution is 2.40. The first-order valence-corrected chi connectivity index (χ1v) is 10.9. The van der Waals surface area contributed by atoms with E-state index in [-0.39, 0.29) is 18.7 Å². The Hall–Kier alpha value is -3.90. The third kappa shape index (κ3) is 4.38. The molecule has 1 amide bonds. The van der Waals surface area contributed by atoms with E-state index in [4.69, 9.17) is 21.1 Å². The van der Waals surface area contributed by atoms with Gasteiger partial charge >= 0.3 is 0 Å². The lowest BCUT2D eigenvalue weighted by atomic mass is 10.0. The van der Waals surface area contributed by atoms with Crippen molar-refractivity contribution in [1.82, 2.24) is 0 Å². The summed E-state index contributed by atoms with van der Waals surface area (Å²) in [5.74, 6) is 0.766. The second-order valence-corrected chi connectivity index (χ2v) is 8.12. The summed E-state index contributed by atoms with van der Waals surface area (Å²) in [6.07, 6.45) is -0.137. The van der Waals surface area contributed by atoms with Crippen LogP contribution in [0.2, 0.25) is 5.02 Å². The highest BCUT2D eigenvalue weighted by atomic mass is 35.5. The van der Waals surface area contributed by atoms with Gasteiger partial charge < -0.3 is 25.4 Å². The summed E-state index contributed by atoms with van der Waals surface area (Å²) < 4.78 is 11.3. The summed E-state index contributed by atoms with van der Waals surface area (Å²) in [5.41, 5.74) is 3.78. The lowest BCUT2D eigenvalue weighted by Crippen LogP contribution is -2.24. The van der Waals surface area contributed by atoms with Crippen molar-refractivity contribution >= 4 is 45.3 Å². The minimum atomic E-state index is -0.274. The van der Waals surface area contributed by atoms with Crippen molar-refractivity contribution in [3.05, 3.63) is 89.4 Å². The van der Waals surface area contributed by atoms with Gasteiger partial charge in [0.25, 0.3) is 5.91 Å². The van der Waals surface area contributed by atoms with Gasteiger partial charge in [0.15, 0.2) is 18.1 Å². The van der Waals surface area contributed by atoms with Crippen molar-refractivity contribution in [2.45, 2.75) is 6.17 Å². The van der Waals surface area contributed by atoms with Gasteiger partial charge in [-0.25, -0.2) is 0 Å². The molecule has 1 aliphatic heterocycles. The Bertz CT molecular complexity index is 1280. The molecule has 7 heteroatoms. The van der Waals surface area contributed by atoms with E-state index in [2.05, 4.69) is 40.2 Å². The highest BCUT2D eigenvalue weighted by molar-refractivity contribution is 6.30. The summed E-state index contributed by atoms with van der Waals surface area (Å²) in [6.45, 7) is -0.145. The monoisotopic (exact) mass is 459 g/mol. The molecule has 0 fully saturated rings. The largest absolute Gasteiger partial charge is 0.493 e. The predicted molar refractivity (Wildman–Crippen MR) is 133 cm³/mol. The van der Waals surface area contributed by atoms with Crippen molar-refractivity contribution in [3.8, 4) is 11.5 Å². The van der Waals surface area contributed by atoms with Crippen molar-refractivity contribution in [2.24, 2.45) is 0 Å². The number of nitrogens with one attached hydrogen (secondary N) is 3. The molecule has 1 aliphatic rings. The van der Waals surface area contributed by atoms with Gasteiger partial charge in [-0.05, 0) is 59.5 Å². The average Bonchev–Trinajstić information content (AvgIpc) is 2.84. The molecule has 6 nitrogen and oxygen atoms in total. The molecular weight excluding hydrogens is 438 g/mol. The summed E-state index contributed by atoms with van der Waals surface area (Å²) in [5, 5.41) is 12.8. The van der Waals surface area contributed by atoms with Crippen LogP contribution in [0, 0.1) is 0 Å². The number of methoxy groups -OCH3 is 1. The molecule has 166 valence electrons. The third-order valence-electron chi connectivity index (χ3n) is 5.51. The van der Waals surface area contributed by atoms with E-state index in [1.54, 1.807) is 31.4 Å². The summed E-state index contributed by atoms with van der Waals surface area (Å²) in [4.78, 5) is 12.3. The maximum Gasteiger partial charge on any atom is 0.262 e.